The smallest absolute Gasteiger partial charge is 0.119 e. The van der Waals surface area contributed by atoms with Crippen LogP contribution in [0.1, 0.15) is 23.6 Å². The molecule has 0 amide bonds. The Morgan fingerprint density at radius 2 is 1.74 bits per heavy atom. The predicted octanol–water partition coefficient (Wildman–Crippen LogP) is 3.88. The Hall–Kier alpha value is -1.51. The summed E-state index contributed by atoms with van der Waals surface area (Å²) in [5.74, 6) is 0.841. The van der Waals surface area contributed by atoms with E-state index in [-0.39, 0.29) is 0 Å². The van der Waals surface area contributed by atoms with Crippen LogP contribution in [-0.2, 0) is 5.54 Å². The van der Waals surface area contributed by atoms with Crippen LogP contribution in [0, 0.1) is 6.92 Å². The Morgan fingerprint density at radius 3 is 2.26 bits per heavy atom. The Labute approximate surface area is 119 Å². The van der Waals surface area contributed by atoms with Crippen LogP contribution >= 0.6 is 11.6 Å². The van der Waals surface area contributed by atoms with Crippen LogP contribution in [0.2, 0.25) is 5.02 Å². The first-order valence-electron chi connectivity index (χ1n) is 6.15. The summed E-state index contributed by atoms with van der Waals surface area (Å²) in [5, 5.41) is 0.714. The molecule has 1 unspecified atom stereocenters. The number of hydrogen-bond donors (Lipinski definition) is 1. The second kappa shape index (κ2) is 5.24. The van der Waals surface area contributed by atoms with Crippen molar-refractivity contribution in [1.82, 2.24) is 0 Å². The van der Waals surface area contributed by atoms with Gasteiger partial charge in [-0.15, -0.1) is 0 Å². The molecule has 0 saturated heterocycles. The highest BCUT2D eigenvalue weighted by Gasteiger charge is 2.25. The molecule has 1 atom stereocenters. The molecule has 0 aliphatic rings. The van der Waals surface area contributed by atoms with Crippen molar-refractivity contribution in [3.8, 4) is 5.75 Å². The fraction of sp³-hybridized carbons (Fsp3) is 0.250. The minimum Gasteiger partial charge on any atom is -0.497 e. The lowest BCUT2D eigenvalue weighted by Crippen LogP contribution is -2.35. The standard InChI is InChI=1S/C16H18ClNO/c1-11-10-14(19-3)8-9-15(11)16(2,18)12-4-6-13(17)7-5-12/h4-10H,18H2,1-3H3. The van der Waals surface area contributed by atoms with Crippen LogP contribution in [0.5, 0.6) is 5.75 Å². The van der Waals surface area contributed by atoms with E-state index in [2.05, 4.69) is 0 Å². The Bertz CT molecular complexity index is 576. The van der Waals surface area contributed by atoms with Crippen molar-refractivity contribution in [3.63, 3.8) is 0 Å². The van der Waals surface area contributed by atoms with Crippen molar-refractivity contribution in [1.29, 1.82) is 0 Å². The van der Waals surface area contributed by atoms with Gasteiger partial charge in [0, 0.05) is 5.02 Å². The number of rotatable bonds is 3. The maximum Gasteiger partial charge on any atom is 0.119 e. The molecule has 0 spiro atoms. The van der Waals surface area contributed by atoms with E-state index in [4.69, 9.17) is 22.1 Å². The largest absolute Gasteiger partial charge is 0.497 e. The second-order valence-corrected chi connectivity index (χ2v) is 5.33. The first-order valence-corrected chi connectivity index (χ1v) is 6.53. The Morgan fingerprint density at radius 1 is 1.11 bits per heavy atom. The first-order chi connectivity index (χ1) is 8.95. The molecule has 19 heavy (non-hydrogen) atoms. The number of hydrogen-bond acceptors (Lipinski definition) is 2. The van der Waals surface area contributed by atoms with E-state index in [0.717, 1.165) is 22.4 Å². The van der Waals surface area contributed by atoms with Gasteiger partial charge in [-0.3, -0.25) is 0 Å². The summed E-state index contributed by atoms with van der Waals surface area (Å²) in [7, 11) is 1.66. The van der Waals surface area contributed by atoms with E-state index in [1.54, 1.807) is 7.11 Å². The summed E-state index contributed by atoms with van der Waals surface area (Å²) in [4.78, 5) is 0. The lowest BCUT2D eigenvalue weighted by Gasteiger charge is -2.28. The molecule has 0 bridgehead atoms. The molecule has 2 nitrogen and oxygen atoms in total. The predicted molar refractivity (Wildman–Crippen MR) is 79.8 cm³/mol. The van der Waals surface area contributed by atoms with E-state index < -0.39 is 5.54 Å². The van der Waals surface area contributed by atoms with E-state index in [9.17, 15) is 0 Å². The summed E-state index contributed by atoms with van der Waals surface area (Å²) in [6, 6.07) is 13.6. The molecule has 0 radical (unpaired) electrons. The van der Waals surface area contributed by atoms with Gasteiger partial charge in [0.2, 0.25) is 0 Å². The molecule has 2 aromatic rings. The van der Waals surface area contributed by atoms with Crippen LogP contribution < -0.4 is 10.5 Å². The van der Waals surface area contributed by atoms with Gasteiger partial charge < -0.3 is 10.5 Å². The lowest BCUT2D eigenvalue weighted by atomic mass is 9.83. The molecule has 2 aromatic carbocycles. The molecule has 0 aliphatic heterocycles. The van der Waals surface area contributed by atoms with Crippen molar-refractivity contribution in [2.24, 2.45) is 5.73 Å². The van der Waals surface area contributed by atoms with E-state index >= 15 is 0 Å². The van der Waals surface area contributed by atoms with Crippen LogP contribution in [0.4, 0.5) is 0 Å². The zero-order valence-corrected chi connectivity index (χ0v) is 12.2. The molecular weight excluding hydrogens is 258 g/mol. The van der Waals surface area contributed by atoms with Gasteiger partial charge in [-0.1, -0.05) is 29.8 Å². The van der Waals surface area contributed by atoms with E-state index in [1.165, 1.54) is 0 Å². The molecular formula is C16H18ClNO. The lowest BCUT2D eigenvalue weighted by molar-refractivity contribution is 0.414. The van der Waals surface area contributed by atoms with Gasteiger partial charge in [-0.05, 0) is 54.8 Å². The summed E-state index contributed by atoms with van der Waals surface area (Å²) in [5.41, 5.74) is 9.19. The van der Waals surface area contributed by atoms with Gasteiger partial charge in [0.05, 0.1) is 12.6 Å². The molecule has 0 fully saturated rings. The van der Waals surface area contributed by atoms with E-state index in [0.29, 0.717) is 5.02 Å². The molecule has 2 rings (SSSR count). The molecule has 3 heteroatoms. The highest BCUT2D eigenvalue weighted by atomic mass is 35.5. The summed E-state index contributed by atoms with van der Waals surface area (Å²) in [6.45, 7) is 4.05. The summed E-state index contributed by atoms with van der Waals surface area (Å²) < 4.78 is 5.23. The van der Waals surface area contributed by atoms with Gasteiger partial charge in [0.1, 0.15) is 5.75 Å². The fourth-order valence-corrected chi connectivity index (χ4v) is 2.42. The van der Waals surface area contributed by atoms with Crippen molar-refractivity contribution < 1.29 is 4.74 Å². The molecule has 0 aromatic heterocycles. The SMILES string of the molecule is COc1ccc(C(C)(N)c2ccc(Cl)cc2)c(C)c1. The average molecular weight is 276 g/mol. The van der Waals surface area contributed by atoms with Gasteiger partial charge in [0.15, 0.2) is 0 Å². The number of nitrogens with two attached hydrogens (primary N) is 1. The molecule has 0 saturated carbocycles. The zero-order valence-electron chi connectivity index (χ0n) is 11.4. The minimum absolute atomic E-state index is 0.555. The van der Waals surface area contributed by atoms with Crippen LogP contribution in [0.3, 0.4) is 0 Å². The highest BCUT2D eigenvalue weighted by molar-refractivity contribution is 6.30. The van der Waals surface area contributed by atoms with Crippen LogP contribution in [0.15, 0.2) is 42.5 Å². The zero-order chi connectivity index (χ0) is 14.0. The minimum atomic E-state index is -0.555. The van der Waals surface area contributed by atoms with Crippen LogP contribution in [-0.4, -0.2) is 7.11 Å². The van der Waals surface area contributed by atoms with Crippen LogP contribution in [0.25, 0.3) is 0 Å². The van der Waals surface area contributed by atoms with Crippen molar-refractivity contribution in [3.05, 3.63) is 64.2 Å². The summed E-state index contributed by atoms with van der Waals surface area (Å²) in [6.07, 6.45) is 0. The quantitative estimate of drug-likeness (QED) is 0.923. The van der Waals surface area contributed by atoms with Crippen molar-refractivity contribution in [2.45, 2.75) is 19.4 Å². The summed E-state index contributed by atoms with van der Waals surface area (Å²) >= 11 is 5.92. The number of methoxy groups -OCH3 is 1. The maximum atomic E-state index is 6.52. The number of aryl methyl sites for hydroxylation is 1. The Kier molecular flexibility index (Phi) is 3.83. The normalized spacial score (nSPS) is 13.9. The molecule has 0 aliphatic carbocycles. The molecule has 0 heterocycles. The van der Waals surface area contributed by atoms with Gasteiger partial charge in [0.25, 0.3) is 0 Å². The fourth-order valence-electron chi connectivity index (χ4n) is 2.30. The number of ether oxygens (including phenoxy) is 1. The van der Waals surface area contributed by atoms with Gasteiger partial charge >= 0.3 is 0 Å². The van der Waals surface area contributed by atoms with Crippen molar-refractivity contribution in [2.75, 3.05) is 7.11 Å². The molecule has 2 N–H and O–H groups in total. The highest BCUT2D eigenvalue weighted by Crippen LogP contribution is 2.31. The third-order valence-electron chi connectivity index (χ3n) is 3.44. The van der Waals surface area contributed by atoms with E-state index in [1.807, 2.05) is 56.3 Å². The topological polar surface area (TPSA) is 35.2 Å². The maximum absolute atomic E-state index is 6.52. The molecule has 100 valence electrons. The first kappa shape index (κ1) is 13.9. The third-order valence-corrected chi connectivity index (χ3v) is 3.69. The van der Waals surface area contributed by atoms with Gasteiger partial charge in [-0.2, -0.15) is 0 Å². The number of benzene rings is 2. The van der Waals surface area contributed by atoms with Gasteiger partial charge in [-0.25, -0.2) is 0 Å². The third kappa shape index (κ3) is 2.75. The average Bonchev–Trinajstić information content (AvgIpc) is 2.38. The monoisotopic (exact) mass is 275 g/mol. The second-order valence-electron chi connectivity index (χ2n) is 4.89. The number of halogens is 1. The van der Waals surface area contributed by atoms with Crippen molar-refractivity contribution >= 4 is 11.6 Å². The Balaban J connectivity index is 2.46.